The Morgan fingerprint density at radius 2 is 1.80 bits per heavy atom. The van der Waals surface area contributed by atoms with Gasteiger partial charge in [-0.05, 0) is 13.3 Å². The second-order valence-corrected chi connectivity index (χ2v) is 2.67. The number of carboxylic acid groups (broad SMARTS) is 1. The van der Waals surface area contributed by atoms with E-state index < -0.39 is 5.97 Å². The maximum Gasteiger partial charge on any atom is 0.333 e. The molecule has 0 aromatic rings. The molecule has 0 fully saturated rings. The minimum absolute atomic E-state index is 0.176. The lowest BCUT2D eigenvalue weighted by molar-refractivity contribution is -0.136. The minimum Gasteiger partial charge on any atom is -0.478 e. The Bertz CT molecular complexity index is 264. The minimum atomic E-state index is -0.935. The monoisotopic (exact) mass is 212 g/mol. The molecular formula is C11H16O4. The van der Waals surface area contributed by atoms with E-state index in [1.165, 1.54) is 14.0 Å². The summed E-state index contributed by atoms with van der Waals surface area (Å²) < 4.78 is 4.38. The highest BCUT2D eigenvalue weighted by atomic mass is 16.5. The van der Waals surface area contributed by atoms with Crippen LogP contribution in [-0.2, 0) is 14.3 Å². The average Bonchev–Trinajstić information content (AvgIpc) is 2.17. The average molecular weight is 212 g/mol. The zero-order valence-corrected chi connectivity index (χ0v) is 9.08. The highest BCUT2D eigenvalue weighted by Gasteiger charge is 2.01. The van der Waals surface area contributed by atoms with Gasteiger partial charge in [0.2, 0.25) is 0 Å². The van der Waals surface area contributed by atoms with E-state index in [1.807, 2.05) is 0 Å². The molecule has 84 valence electrons. The van der Waals surface area contributed by atoms with Crippen molar-refractivity contribution in [2.75, 3.05) is 7.11 Å². The number of carbonyl (C=O) groups is 2. The maximum atomic E-state index is 10.5. The van der Waals surface area contributed by atoms with Crippen LogP contribution in [0.1, 0.15) is 13.3 Å². The summed E-state index contributed by atoms with van der Waals surface area (Å²) in [6.07, 6.45) is 2.10. The van der Waals surface area contributed by atoms with Crippen LogP contribution in [0.4, 0.5) is 0 Å². The molecule has 0 amide bonds. The van der Waals surface area contributed by atoms with Crippen molar-refractivity contribution in [2.45, 2.75) is 13.3 Å². The van der Waals surface area contributed by atoms with E-state index in [0.29, 0.717) is 12.0 Å². The lowest BCUT2D eigenvalue weighted by Crippen LogP contribution is -2.01. The number of carboxylic acids is 1. The smallest absolute Gasteiger partial charge is 0.333 e. The van der Waals surface area contributed by atoms with Crippen molar-refractivity contribution < 1.29 is 19.4 Å². The van der Waals surface area contributed by atoms with Crippen LogP contribution in [0.25, 0.3) is 0 Å². The normalized spacial score (nSPS) is 7.87. The molecule has 4 heteroatoms. The van der Waals surface area contributed by atoms with Gasteiger partial charge in [0.15, 0.2) is 0 Å². The third kappa shape index (κ3) is 10.1. The molecule has 0 atom stereocenters. The van der Waals surface area contributed by atoms with Gasteiger partial charge in [-0.25, -0.2) is 9.59 Å². The highest BCUT2D eigenvalue weighted by molar-refractivity contribution is 5.87. The van der Waals surface area contributed by atoms with E-state index in [1.54, 1.807) is 6.08 Å². The maximum absolute atomic E-state index is 10.5. The van der Waals surface area contributed by atoms with Crippen molar-refractivity contribution in [1.29, 1.82) is 0 Å². The lowest BCUT2D eigenvalue weighted by atomic mass is 10.2. The summed E-state index contributed by atoms with van der Waals surface area (Å²) >= 11 is 0. The molecule has 0 spiro atoms. The van der Waals surface area contributed by atoms with E-state index >= 15 is 0 Å². The second-order valence-electron chi connectivity index (χ2n) is 2.67. The number of ether oxygens (including phenoxy) is 1. The molecule has 0 aromatic heterocycles. The SMILES string of the molecule is C=C(C)C(=O)O.C=CCC(=C)C(=O)OC. The lowest BCUT2D eigenvalue weighted by Gasteiger charge is -1.96. The van der Waals surface area contributed by atoms with Crippen molar-refractivity contribution in [3.05, 3.63) is 37.0 Å². The van der Waals surface area contributed by atoms with Gasteiger partial charge < -0.3 is 9.84 Å². The summed E-state index contributed by atoms with van der Waals surface area (Å²) in [7, 11) is 1.33. The number of carbonyl (C=O) groups excluding carboxylic acids is 1. The van der Waals surface area contributed by atoms with Gasteiger partial charge in [0.05, 0.1) is 7.11 Å². The molecule has 0 saturated carbocycles. The van der Waals surface area contributed by atoms with Crippen LogP contribution in [0, 0.1) is 0 Å². The van der Waals surface area contributed by atoms with Crippen LogP contribution in [0.3, 0.4) is 0 Å². The molecule has 0 saturated heterocycles. The molecule has 0 rings (SSSR count). The van der Waals surface area contributed by atoms with Crippen molar-refractivity contribution in [3.8, 4) is 0 Å². The Morgan fingerprint density at radius 1 is 1.40 bits per heavy atom. The Labute approximate surface area is 89.6 Å². The summed E-state index contributed by atoms with van der Waals surface area (Å²) in [5, 5.41) is 7.89. The molecule has 1 N–H and O–H groups in total. The van der Waals surface area contributed by atoms with Crippen LogP contribution in [-0.4, -0.2) is 24.2 Å². The van der Waals surface area contributed by atoms with E-state index in [-0.39, 0.29) is 11.5 Å². The van der Waals surface area contributed by atoms with Crippen molar-refractivity contribution in [3.63, 3.8) is 0 Å². The first-order valence-electron chi connectivity index (χ1n) is 4.12. The van der Waals surface area contributed by atoms with Gasteiger partial charge in [-0.15, -0.1) is 6.58 Å². The largest absolute Gasteiger partial charge is 0.478 e. The number of aliphatic carboxylic acids is 1. The fourth-order valence-electron chi connectivity index (χ4n) is 0.402. The van der Waals surface area contributed by atoms with Gasteiger partial charge in [0.25, 0.3) is 0 Å². The standard InChI is InChI=1S/C7H10O2.C4H6O2/c1-4-5-6(2)7(8)9-3;1-3(2)4(5)6/h4H,1-2,5H2,3H3;1H2,2H3,(H,5,6). The predicted molar refractivity (Wildman–Crippen MR) is 58.4 cm³/mol. The van der Waals surface area contributed by atoms with Gasteiger partial charge in [0.1, 0.15) is 0 Å². The van der Waals surface area contributed by atoms with E-state index in [0.717, 1.165) is 0 Å². The van der Waals surface area contributed by atoms with E-state index in [2.05, 4.69) is 24.5 Å². The molecule has 0 aliphatic carbocycles. The third-order valence-electron chi connectivity index (χ3n) is 1.23. The second kappa shape index (κ2) is 8.74. The van der Waals surface area contributed by atoms with Crippen LogP contribution in [0.5, 0.6) is 0 Å². The predicted octanol–water partition coefficient (Wildman–Crippen LogP) is 1.94. The molecule has 0 radical (unpaired) electrons. The number of hydrogen-bond acceptors (Lipinski definition) is 3. The summed E-state index contributed by atoms with van der Waals surface area (Å²) in [5.41, 5.74) is 0.613. The van der Waals surface area contributed by atoms with Crippen molar-refractivity contribution in [2.24, 2.45) is 0 Å². The molecule has 0 aliphatic heterocycles. The van der Waals surface area contributed by atoms with Crippen molar-refractivity contribution in [1.82, 2.24) is 0 Å². The first-order valence-corrected chi connectivity index (χ1v) is 4.12. The number of rotatable bonds is 4. The number of allylic oxidation sites excluding steroid dienone is 1. The summed E-state index contributed by atoms with van der Waals surface area (Å²) in [6.45, 7) is 11.5. The molecule has 0 aliphatic rings. The van der Waals surface area contributed by atoms with Gasteiger partial charge in [-0.2, -0.15) is 0 Å². The quantitative estimate of drug-likeness (QED) is 0.439. The Balaban J connectivity index is 0. The van der Waals surface area contributed by atoms with Crippen LogP contribution in [0.2, 0.25) is 0 Å². The summed E-state index contributed by atoms with van der Waals surface area (Å²) in [6, 6.07) is 0. The zero-order chi connectivity index (χ0) is 12.4. The first kappa shape index (κ1) is 15.6. The molecule has 4 nitrogen and oxygen atoms in total. The fourth-order valence-corrected chi connectivity index (χ4v) is 0.402. The number of esters is 1. The zero-order valence-electron chi connectivity index (χ0n) is 9.08. The van der Waals surface area contributed by atoms with Crippen molar-refractivity contribution >= 4 is 11.9 Å². The molecular weight excluding hydrogens is 196 g/mol. The van der Waals surface area contributed by atoms with Gasteiger partial charge in [-0.1, -0.05) is 19.2 Å². The van der Waals surface area contributed by atoms with Gasteiger partial charge in [0, 0.05) is 11.1 Å². The Hall–Kier alpha value is -1.84. The van der Waals surface area contributed by atoms with Gasteiger partial charge in [-0.3, -0.25) is 0 Å². The van der Waals surface area contributed by atoms with E-state index in [9.17, 15) is 9.59 Å². The first-order chi connectivity index (χ1) is 6.86. The highest BCUT2D eigenvalue weighted by Crippen LogP contribution is 1.99. The topological polar surface area (TPSA) is 63.6 Å². The number of hydrogen-bond donors (Lipinski definition) is 1. The van der Waals surface area contributed by atoms with E-state index in [4.69, 9.17) is 5.11 Å². The molecule has 0 bridgehead atoms. The Kier molecular flexibility index (Phi) is 9.11. The third-order valence-corrected chi connectivity index (χ3v) is 1.23. The molecule has 0 aromatic carbocycles. The van der Waals surface area contributed by atoms with Gasteiger partial charge >= 0.3 is 11.9 Å². The Morgan fingerprint density at radius 3 is 2.00 bits per heavy atom. The van der Waals surface area contributed by atoms with Crippen LogP contribution >= 0.6 is 0 Å². The van der Waals surface area contributed by atoms with Crippen LogP contribution in [0.15, 0.2) is 37.0 Å². The van der Waals surface area contributed by atoms with Crippen LogP contribution < -0.4 is 0 Å². The fraction of sp³-hybridized carbons (Fsp3) is 0.273. The molecule has 0 unspecified atom stereocenters. The number of methoxy groups -OCH3 is 1. The summed E-state index contributed by atoms with van der Waals surface area (Å²) in [4.78, 5) is 20.1. The molecule has 15 heavy (non-hydrogen) atoms. The summed E-state index contributed by atoms with van der Waals surface area (Å²) in [5.74, 6) is -1.30. The molecule has 0 heterocycles.